The Balaban J connectivity index is 0.000000810. The van der Waals surface area contributed by atoms with Crippen LogP contribution < -0.4 is 5.73 Å². The van der Waals surface area contributed by atoms with Crippen molar-refractivity contribution >= 4 is 24.0 Å². The van der Waals surface area contributed by atoms with Gasteiger partial charge >= 0.3 is 0 Å². The minimum absolute atomic E-state index is 0. The summed E-state index contributed by atoms with van der Waals surface area (Å²) < 4.78 is 4.97. The molecular weight excluding hydrogens is 173 g/mol. The zero-order chi connectivity index (χ0) is 6.85. The molecule has 1 aromatic rings. The first-order valence-corrected chi connectivity index (χ1v) is 3.07. The maximum Gasteiger partial charge on any atom is 0.121 e. The van der Waals surface area contributed by atoms with Crippen LogP contribution in [0.5, 0.6) is 0 Å². The lowest BCUT2D eigenvalue weighted by molar-refractivity contribution is 0.480. The van der Waals surface area contributed by atoms with Crippen molar-refractivity contribution < 1.29 is 4.42 Å². The van der Waals surface area contributed by atoms with Gasteiger partial charge in [-0.15, -0.1) is 12.4 Å². The van der Waals surface area contributed by atoms with Crippen LogP contribution in [-0.2, 0) is 0 Å². The van der Waals surface area contributed by atoms with E-state index in [9.17, 15) is 0 Å². The van der Waals surface area contributed by atoms with E-state index in [0.717, 1.165) is 5.76 Å². The van der Waals surface area contributed by atoms with Crippen LogP contribution in [0.2, 0.25) is 5.02 Å². The molecule has 1 aromatic heterocycles. The van der Waals surface area contributed by atoms with E-state index in [4.69, 9.17) is 21.8 Å². The van der Waals surface area contributed by atoms with Crippen molar-refractivity contribution in [2.24, 2.45) is 5.73 Å². The Kier molecular flexibility index (Phi) is 3.79. The molecule has 0 aromatic carbocycles. The van der Waals surface area contributed by atoms with Crippen molar-refractivity contribution in [1.29, 1.82) is 0 Å². The molecule has 0 unspecified atom stereocenters. The molecule has 0 saturated carbocycles. The fraction of sp³-hybridized carbons (Fsp3) is 0.333. The van der Waals surface area contributed by atoms with Gasteiger partial charge in [0, 0.05) is 0 Å². The van der Waals surface area contributed by atoms with Crippen LogP contribution in [0.15, 0.2) is 16.7 Å². The molecule has 1 atom stereocenters. The van der Waals surface area contributed by atoms with E-state index in [-0.39, 0.29) is 18.4 Å². The molecular formula is C6H9Cl2NO. The molecule has 0 aliphatic heterocycles. The maximum atomic E-state index is 5.56. The molecule has 2 nitrogen and oxygen atoms in total. The summed E-state index contributed by atoms with van der Waals surface area (Å²) in [5, 5.41) is 0.599. The van der Waals surface area contributed by atoms with E-state index >= 15 is 0 Å². The average Bonchev–Trinajstić information content (AvgIpc) is 2.14. The normalized spacial score (nSPS) is 12.3. The van der Waals surface area contributed by atoms with Crippen LogP contribution in [0.3, 0.4) is 0 Å². The molecule has 0 aliphatic carbocycles. The Bertz CT molecular complexity index is 197. The number of rotatable bonds is 1. The Labute approximate surface area is 70.8 Å². The lowest BCUT2D eigenvalue weighted by atomic mass is 10.3. The van der Waals surface area contributed by atoms with Gasteiger partial charge in [-0.05, 0) is 13.0 Å². The fourth-order valence-electron chi connectivity index (χ4n) is 0.567. The highest BCUT2D eigenvalue weighted by Crippen LogP contribution is 2.17. The van der Waals surface area contributed by atoms with E-state index in [1.54, 1.807) is 6.07 Å². The van der Waals surface area contributed by atoms with Crippen LogP contribution >= 0.6 is 24.0 Å². The van der Waals surface area contributed by atoms with Crippen LogP contribution in [0, 0.1) is 0 Å². The van der Waals surface area contributed by atoms with Crippen molar-refractivity contribution in [3.8, 4) is 0 Å². The van der Waals surface area contributed by atoms with Gasteiger partial charge in [0.1, 0.15) is 12.0 Å². The molecule has 0 spiro atoms. The summed E-state index contributed by atoms with van der Waals surface area (Å²) in [6, 6.07) is 1.64. The summed E-state index contributed by atoms with van der Waals surface area (Å²) in [5.41, 5.74) is 5.47. The number of nitrogens with two attached hydrogens (primary N) is 1. The lowest BCUT2D eigenvalue weighted by Crippen LogP contribution is -2.02. The standard InChI is InChI=1S/C6H8ClNO.ClH/c1-4(8)6-2-5(7)3-9-6;/h2-4H,8H2,1H3;1H/t4-;/m1./s1. The van der Waals surface area contributed by atoms with Gasteiger partial charge in [0.2, 0.25) is 0 Å². The number of halogens is 2. The minimum Gasteiger partial charge on any atom is -0.466 e. The number of furan rings is 1. The monoisotopic (exact) mass is 181 g/mol. The molecule has 0 saturated heterocycles. The molecule has 2 N–H and O–H groups in total. The second-order valence-electron chi connectivity index (χ2n) is 1.96. The maximum absolute atomic E-state index is 5.56. The zero-order valence-electron chi connectivity index (χ0n) is 5.50. The largest absolute Gasteiger partial charge is 0.466 e. The summed E-state index contributed by atoms with van der Waals surface area (Å²) in [5.74, 6) is 0.722. The highest BCUT2D eigenvalue weighted by atomic mass is 35.5. The molecule has 0 radical (unpaired) electrons. The molecule has 0 fully saturated rings. The smallest absolute Gasteiger partial charge is 0.121 e. The molecule has 1 rings (SSSR count). The summed E-state index contributed by atoms with van der Waals surface area (Å²) >= 11 is 5.56. The van der Waals surface area contributed by atoms with Gasteiger partial charge in [0.25, 0.3) is 0 Å². The first kappa shape index (κ1) is 9.82. The minimum atomic E-state index is -0.0718. The van der Waals surface area contributed by atoms with Crippen LogP contribution in [0.1, 0.15) is 18.7 Å². The number of hydrogen-bond acceptors (Lipinski definition) is 2. The van der Waals surface area contributed by atoms with Gasteiger partial charge in [0.15, 0.2) is 0 Å². The third-order valence-corrected chi connectivity index (χ3v) is 1.23. The van der Waals surface area contributed by atoms with Gasteiger partial charge in [-0.2, -0.15) is 0 Å². The number of hydrogen-bond donors (Lipinski definition) is 1. The highest BCUT2D eigenvalue weighted by Gasteiger charge is 2.02. The molecule has 4 heteroatoms. The Hall–Kier alpha value is -0.180. The SMILES string of the molecule is C[C@@H](N)c1cc(Cl)co1.Cl. The van der Waals surface area contributed by atoms with Gasteiger partial charge in [0.05, 0.1) is 11.1 Å². The van der Waals surface area contributed by atoms with Crippen LogP contribution in [-0.4, -0.2) is 0 Å². The van der Waals surface area contributed by atoms with Crippen molar-refractivity contribution in [2.75, 3.05) is 0 Å². The summed E-state index contributed by atoms with van der Waals surface area (Å²) in [4.78, 5) is 0. The lowest BCUT2D eigenvalue weighted by Gasteiger charge is -1.95. The van der Waals surface area contributed by atoms with E-state index in [0.29, 0.717) is 5.02 Å². The Morgan fingerprint density at radius 1 is 1.70 bits per heavy atom. The zero-order valence-corrected chi connectivity index (χ0v) is 7.08. The van der Waals surface area contributed by atoms with Crippen LogP contribution in [0.25, 0.3) is 0 Å². The fourth-order valence-corrected chi connectivity index (χ4v) is 0.719. The highest BCUT2D eigenvalue weighted by molar-refractivity contribution is 6.30. The van der Waals surface area contributed by atoms with E-state index in [1.807, 2.05) is 6.92 Å². The van der Waals surface area contributed by atoms with Crippen LogP contribution in [0.4, 0.5) is 0 Å². The summed E-state index contributed by atoms with van der Waals surface area (Å²) in [7, 11) is 0. The quantitative estimate of drug-likeness (QED) is 0.723. The first-order chi connectivity index (χ1) is 4.20. The first-order valence-electron chi connectivity index (χ1n) is 2.69. The van der Waals surface area contributed by atoms with Crippen molar-refractivity contribution in [2.45, 2.75) is 13.0 Å². The van der Waals surface area contributed by atoms with E-state index in [2.05, 4.69) is 0 Å². The van der Waals surface area contributed by atoms with Crippen molar-refractivity contribution in [3.05, 3.63) is 23.1 Å². The molecule has 0 amide bonds. The average molecular weight is 182 g/mol. The Morgan fingerprint density at radius 2 is 2.30 bits per heavy atom. The molecule has 0 bridgehead atoms. The second kappa shape index (κ2) is 3.86. The predicted molar refractivity (Wildman–Crippen MR) is 43.6 cm³/mol. The summed E-state index contributed by atoms with van der Waals surface area (Å²) in [6.07, 6.45) is 1.47. The third-order valence-electron chi connectivity index (χ3n) is 1.04. The van der Waals surface area contributed by atoms with Crippen molar-refractivity contribution in [3.63, 3.8) is 0 Å². The predicted octanol–water partition coefficient (Wildman–Crippen LogP) is 2.37. The summed E-state index contributed by atoms with van der Waals surface area (Å²) in [6.45, 7) is 1.84. The van der Waals surface area contributed by atoms with Crippen molar-refractivity contribution in [1.82, 2.24) is 0 Å². The topological polar surface area (TPSA) is 39.2 Å². The Morgan fingerprint density at radius 3 is 2.50 bits per heavy atom. The van der Waals surface area contributed by atoms with Gasteiger partial charge < -0.3 is 10.2 Å². The molecule has 10 heavy (non-hydrogen) atoms. The molecule has 0 aliphatic rings. The van der Waals surface area contributed by atoms with Gasteiger partial charge in [-0.25, -0.2) is 0 Å². The van der Waals surface area contributed by atoms with Gasteiger partial charge in [-0.1, -0.05) is 11.6 Å². The second-order valence-corrected chi connectivity index (χ2v) is 2.39. The third kappa shape index (κ3) is 2.21. The molecule has 1 heterocycles. The van der Waals surface area contributed by atoms with Gasteiger partial charge in [-0.3, -0.25) is 0 Å². The van der Waals surface area contributed by atoms with E-state index in [1.165, 1.54) is 6.26 Å². The molecule has 58 valence electrons. The van der Waals surface area contributed by atoms with E-state index < -0.39 is 0 Å².